The van der Waals surface area contributed by atoms with E-state index in [-0.39, 0.29) is 5.91 Å². The van der Waals surface area contributed by atoms with Gasteiger partial charge < -0.3 is 4.90 Å². The molecule has 0 radical (unpaired) electrons. The summed E-state index contributed by atoms with van der Waals surface area (Å²) in [7, 11) is 0. The average molecular weight is 382 g/mol. The molecule has 1 fully saturated rings. The second-order valence-corrected chi connectivity index (χ2v) is 7.43. The molecule has 0 spiro atoms. The van der Waals surface area contributed by atoms with E-state index in [1.54, 1.807) is 0 Å². The van der Waals surface area contributed by atoms with Crippen molar-refractivity contribution >= 4 is 11.6 Å². The van der Waals surface area contributed by atoms with Gasteiger partial charge in [0, 0.05) is 30.3 Å². The molecule has 1 saturated heterocycles. The van der Waals surface area contributed by atoms with Crippen LogP contribution in [0.3, 0.4) is 0 Å². The van der Waals surface area contributed by atoms with E-state index >= 15 is 0 Å². The quantitative estimate of drug-likeness (QED) is 0.531. The number of likely N-dealkylation sites (tertiary alicyclic amines) is 1. The van der Waals surface area contributed by atoms with Crippen molar-refractivity contribution in [2.75, 3.05) is 13.1 Å². The number of hydrogen-bond acceptors (Lipinski definition) is 3. The van der Waals surface area contributed by atoms with Crippen LogP contribution in [0, 0.1) is 0 Å². The van der Waals surface area contributed by atoms with Crippen molar-refractivity contribution in [3.8, 4) is 22.5 Å². The molecule has 5 heteroatoms. The smallest absolute Gasteiger partial charge is 0.228 e. The van der Waals surface area contributed by atoms with Gasteiger partial charge in [-0.2, -0.15) is 5.10 Å². The number of amides is 1. The van der Waals surface area contributed by atoms with Gasteiger partial charge in [-0.1, -0.05) is 60.7 Å². The Morgan fingerprint density at radius 1 is 0.862 bits per heavy atom. The van der Waals surface area contributed by atoms with Gasteiger partial charge in [0.15, 0.2) is 5.65 Å². The monoisotopic (exact) mass is 382 g/mol. The van der Waals surface area contributed by atoms with E-state index in [0.29, 0.717) is 6.42 Å². The van der Waals surface area contributed by atoms with Crippen molar-refractivity contribution in [2.45, 2.75) is 19.3 Å². The summed E-state index contributed by atoms with van der Waals surface area (Å²) < 4.78 is 1.86. The molecule has 5 nitrogen and oxygen atoms in total. The number of carbonyl (C=O) groups excluding carboxylic acids is 1. The molecule has 144 valence electrons. The largest absolute Gasteiger partial charge is 0.342 e. The van der Waals surface area contributed by atoms with E-state index in [9.17, 15) is 4.79 Å². The topological polar surface area (TPSA) is 50.5 Å². The van der Waals surface area contributed by atoms with Crippen molar-refractivity contribution in [1.82, 2.24) is 19.5 Å². The molecule has 0 aliphatic carbocycles. The lowest BCUT2D eigenvalue weighted by atomic mass is 10.1. The summed E-state index contributed by atoms with van der Waals surface area (Å²) in [4.78, 5) is 19.4. The van der Waals surface area contributed by atoms with Gasteiger partial charge in [-0.15, -0.1) is 0 Å². The Labute approximate surface area is 169 Å². The van der Waals surface area contributed by atoms with Crippen LogP contribution in [0.2, 0.25) is 0 Å². The third-order valence-corrected chi connectivity index (χ3v) is 5.41. The first kappa shape index (κ1) is 17.6. The van der Waals surface area contributed by atoms with Crippen LogP contribution in [0.15, 0.2) is 72.8 Å². The molecule has 0 saturated carbocycles. The first-order chi connectivity index (χ1) is 14.3. The Hall–Kier alpha value is -3.47. The Kier molecular flexibility index (Phi) is 4.56. The summed E-state index contributed by atoms with van der Waals surface area (Å²) >= 11 is 0. The maximum absolute atomic E-state index is 12.6. The first-order valence-electron chi connectivity index (χ1n) is 10.1. The molecule has 1 amide bonds. The summed E-state index contributed by atoms with van der Waals surface area (Å²) in [5.41, 5.74) is 5.51. The summed E-state index contributed by atoms with van der Waals surface area (Å²) in [5.74, 6) is 0.149. The standard InChI is InChI=1S/C24H22N4O/c29-24(27-13-7-8-14-27)16-20-15-23-25-21(18-9-3-1-4-10-18)17-22(28(23)26-20)19-11-5-2-6-12-19/h1-6,9-12,15,17H,7-8,13-14,16H2. The van der Waals surface area contributed by atoms with Crippen molar-refractivity contribution in [2.24, 2.45) is 0 Å². The summed E-state index contributed by atoms with van der Waals surface area (Å²) in [6.45, 7) is 1.72. The third kappa shape index (κ3) is 3.51. The van der Waals surface area contributed by atoms with Gasteiger partial charge in [0.2, 0.25) is 5.91 Å². The Bertz CT molecular complexity index is 1150. The average Bonchev–Trinajstić information content (AvgIpc) is 3.44. The molecule has 5 rings (SSSR count). The zero-order valence-electron chi connectivity index (χ0n) is 16.2. The minimum Gasteiger partial charge on any atom is -0.342 e. The number of carbonyl (C=O) groups is 1. The summed E-state index contributed by atoms with van der Waals surface area (Å²) in [5, 5.41) is 4.74. The lowest BCUT2D eigenvalue weighted by molar-refractivity contribution is -0.129. The van der Waals surface area contributed by atoms with Gasteiger partial charge in [-0.3, -0.25) is 4.79 Å². The van der Waals surface area contributed by atoms with Gasteiger partial charge >= 0.3 is 0 Å². The van der Waals surface area contributed by atoms with Crippen molar-refractivity contribution in [3.63, 3.8) is 0 Å². The molecule has 29 heavy (non-hydrogen) atoms. The van der Waals surface area contributed by atoms with Crippen LogP contribution in [0.4, 0.5) is 0 Å². The summed E-state index contributed by atoms with van der Waals surface area (Å²) in [6.07, 6.45) is 2.51. The van der Waals surface area contributed by atoms with Crippen LogP contribution in [-0.2, 0) is 11.2 Å². The third-order valence-electron chi connectivity index (χ3n) is 5.41. The van der Waals surface area contributed by atoms with E-state index in [1.165, 1.54) is 0 Å². The molecular formula is C24H22N4O. The van der Waals surface area contributed by atoms with Gasteiger partial charge in [0.25, 0.3) is 0 Å². The molecule has 3 heterocycles. The molecule has 0 N–H and O–H groups in total. The van der Waals surface area contributed by atoms with E-state index in [0.717, 1.165) is 59.8 Å². The molecular weight excluding hydrogens is 360 g/mol. The van der Waals surface area contributed by atoms with Crippen LogP contribution < -0.4 is 0 Å². The number of rotatable bonds is 4. The molecule has 2 aromatic carbocycles. The molecule has 0 bridgehead atoms. The molecule has 0 unspecified atom stereocenters. The Balaban J connectivity index is 1.60. The predicted octanol–water partition coefficient (Wildman–Crippen LogP) is 4.23. The maximum atomic E-state index is 12.6. The molecule has 4 aromatic rings. The number of hydrogen-bond donors (Lipinski definition) is 0. The van der Waals surface area contributed by atoms with Crippen LogP contribution in [-0.4, -0.2) is 38.5 Å². The fourth-order valence-corrected chi connectivity index (χ4v) is 3.91. The van der Waals surface area contributed by atoms with Crippen molar-refractivity contribution in [3.05, 3.63) is 78.5 Å². The van der Waals surface area contributed by atoms with Gasteiger partial charge in [-0.05, 0) is 18.9 Å². The molecule has 1 aliphatic heterocycles. The highest BCUT2D eigenvalue weighted by atomic mass is 16.2. The van der Waals surface area contributed by atoms with Gasteiger partial charge in [0.05, 0.1) is 23.5 Å². The molecule has 1 aliphatic rings. The predicted molar refractivity (Wildman–Crippen MR) is 113 cm³/mol. The van der Waals surface area contributed by atoms with E-state index in [4.69, 9.17) is 10.1 Å². The normalized spacial score (nSPS) is 13.9. The van der Waals surface area contributed by atoms with Gasteiger partial charge in [-0.25, -0.2) is 9.50 Å². The highest BCUT2D eigenvalue weighted by Crippen LogP contribution is 2.26. The highest BCUT2D eigenvalue weighted by molar-refractivity contribution is 5.79. The second kappa shape index (κ2) is 7.51. The van der Waals surface area contributed by atoms with Gasteiger partial charge in [0.1, 0.15) is 0 Å². The van der Waals surface area contributed by atoms with E-state index < -0.39 is 0 Å². The van der Waals surface area contributed by atoms with Crippen LogP contribution in [0.1, 0.15) is 18.5 Å². The van der Waals surface area contributed by atoms with Crippen molar-refractivity contribution in [1.29, 1.82) is 0 Å². The van der Waals surface area contributed by atoms with Crippen LogP contribution in [0.5, 0.6) is 0 Å². The first-order valence-corrected chi connectivity index (χ1v) is 10.1. The SMILES string of the molecule is O=C(Cc1cc2nc(-c3ccccc3)cc(-c3ccccc3)n2n1)N1CCCC1. The minimum absolute atomic E-state index is 0.149. The number of nitrogens with zero attached hydrogens (tertiary/aromatic N) is 4. The highest BCUT2D eigenvalue weighted by Gasteiger charge is 2.20. The van der Waals surface area contributed by atoms with Crippen LogP contribution >= 0.6 is 0 Å². The fourth-order valence-electron chi connectivity index (χ4n) is 3.91. The number of aromatic nitrogens is 3. The van der Waals surface area contributed by atoms with Crippen LogP contribution in [0.25, 0.3) is 28.2 Å². The zero-order valence-corrected chi connectivity index (χ0v) is 16.2. The zero-order chi connectivity index (χ0) is 19.6. The number of fused-ring (bicyclic) bond motifs is 1. The van der Waals surface area contributed by atoms with E-state index in [1.807, 2.05) is 51.9 Å². The second-order valence-electron chi connectivity index (χ2n) is 7.43. The number of benzene rings is 2. The Morgan fingerprint density at radius 3 is 2.21 bits per heavy atom. The molecule has 2 aromatic heterocycles. The molecule has 0 atom stereocenters. The maximum Gasteiger partial charge on any atom is 0.228 e. The Morgan fingerprint density at radius 2 is 1.52 bits per heavy atom. The lowest BCUT2D eigenvalue weighted by Crippen LogP contribution is -2.29. The van der Waals surface area contributed by atoms with Crippen molar-refractivity contribution < 1.29 is 4.79 Å². The minimum atomic E-state index is 0.149. The fraction of sp³-hybridized carbons (Fsp3) is 0.208. The summed E-state index contributed by atoms with van der Waals surface area (Å²) in [6, 6.07) is 24.3. The lowest BCUT2D eigenvalue weighted by Gasteiger charge is -2.13. The van der Waals surface area contributed by atoms with E-state index in [2.05, 4.69) is 30.3 Å².